The molecule has 0 saturated carbocycles. The molecular formula is C12H14N. The van der Waals surface area contributed by atoms with Crippen LogP contribution in [0.1, 0.15) is 31.2 Å². The summed E-state index contributed by atoms with van der Waals surface area (Å²) < 4.78 is 0. The fraction of sp³-hybridized carbons (Fsp3) is 0.333. The van der Waals surface area contributed by atoms with Gasteiger partial charge in [0, 0.05) is 6.42 Å². The third-order valence-electron chi connectivity index (χ3n) is 1.92. The fourth-order valence-electron chi connectivity index (χ4n) is 1.21. The molecule has 0 saturated heterocycles. The first-order chi connectivity index (χ1) is 6.43. The van der Waals surface area contributed by atoms with E-state index in [1.807, 2.05) is 18.2 Å². The topological polar surface area (TPSA) is 23.8 Å². The van der Waals surface area contributed by atoms with Crippen molar-refractivity contribution in [3.63, 3.8) is 0 Å². The van der Waals surface area contributed by atoms with Crippen LogP contribution < -0.4 is 0 Å². The lowest BCUT2D eigenvalue weighted by molar-refractivity contribution is 0.749. The first kappa shape index (κ1) is 9.80. The third-order valence-corrected chi connectivity index (χ3v) is 1.92. The molecule has 67 valence electrons. The van der Waals surface area contributed by atoms with E-state index >= 15 is 0 Å². The number of unbranched alkanes of at least 4 members (excludes halogenated alkanes) is 3. The summed E-state index contributed by atoms with van der Waals surface area (Å²) in [5, 5.41) is 8.32. The van der Waals surface area contributed by atoms with Crippen molar-refractivity contribution in [2.75, 3.05) is 0 Å². The molecule has 0 aliphatic rings. The number of benzene rings is 1. The van der Waals surface area contributed by atoms with E-state index in [2.05, 4.69) is 24.6 Å². The molecule has 1 nitrogen and oxygen atoms in total. The molecule has 0 N–H and O–H groups in total. The van der Waals surface area contributed by atoms with Crippen LogP contribution in [0.15, 0.2) is 30.3 Å². The largest absolute Gasteiger partial charge is 0.198 e. The predicted molar refractivity (Wildman–Crippen MR) is 53.9 cm³/mol. The SMILES string of the molecule is N#CCCCC[CH]c1ccccc1. The van der Waals surface area contributed by atoms with Crippen LogP contribution in [0.2, 0.25) is 0 Å². The number of rotatable bonds is 5. The molecule has 0 aromatic heterocycles. The van der Waals surface area contributed by atoms with Crippen molar-refractivity contribution in [1.29, 1.82) is 5.26 Å². The van der Waals surface area contributed by atoms with Gasteiger partial charge < -0.3 is 0 Å². The highest BCUT2D eigenvalue weighted by molar-refractivity contribution is 5.21. The molecule has 13 heavy (non-hydrogen) atoms. The van der Waals surface area contributed by atoms with Gasteiger partial charge in [0.2, 0.25) is 0 Å². The Morgan fingerprint density at radius 1 is 1.15 bits per heavy atom. The van der Waals surface area contributed by atoms with Crippen LogP contribution in [-0.4, -0.2) is 0 Å². The number of nitrogens with zero attached hydrogens (tertiary/aromatic N) is 1. The van der Waals surface area contributed by atoms with E-state index in [4.69, 9.17) is 5.26 Å². The van der Waals surface area contributed by atoms with E-state index in [-0.39, 0.29) is 0 Å². The van der Waals surface area contributed by atoms with Gasteiger partial charge in [0.1, 0.15) is 0 Å². The Morgan fingerprint density at radius 2 is 1.92 bits per heavy atom. The van der Waals surface area contributed by atoms with Crippen molar-refractivity contribution < 1.29 is 0 Å². The van der Waals surface area contributed by atoms with Gasteiger partial charge in [0.05, 0.1) is 6.07 Å². The van der Waals surface area contributed by atoms with E-state index < -0.39 is 0 Å². The Balaban J connectivity index is 2.11. The average Bonchev–Trinajstić information content (AvgIpc) is 2.19. The van der Waals surface area contributed by atoms with Crippen LogP contribution in [0.3, 0.4) is 0 Å². The molecule has 0 aliphatic heterocycles. The maximum absolute atomic E-state index is 8.32. The van der Waals surface area contributed by atoms with Crippen LogP contribution in [0.4, 0.5) is 0 Å². The van der Waals surface area contributed by atoms with Crippen molar-refractivity contribution in [1.82, 2.24) is 0 Å². The van der Waals surface area contributed by atoms with Crippen molar-refractivity contribution in [3.8, 4) is 6.07 Å². The summed E-state index contributed by atoms with van der Waals surface area (Å²) in [4.78, 5) is 0. The van der Waals surface area contributed by atoms with Crippen molar-refractivity contribution in [2.45, 2.75) is 25.7 Å². The molecule has 1 radical (unpaired) electrons. The van der Waals surface area contributed by atoms with Crippen LogP contribution in [0.25, 0.3) is 0 Å². The van der Waals surface area contributed by atoms with E-state index in [1.165, 1.54) is 5.56 Å². The van der Waals surface area contributed by atoms with E-state index in [9.17, 15) is 0 Å². The molecule has 1 aromatic rings. The molecule has 0 unspecified atom stereocenters. The molecule has 0 fully saturated rings. The molecular weight excluding hydrogens is 158 g/mol. The highest BCUT2D eigenvalue weighted by Gasteiger charge is 1.92. The summed E-state index contributed by atoms with van der Waals surface area (Å²) in [6, 6.07) is 12.5. The summed E-state index contributed by atoms with van der Waals surface area (Å²) in [6.45, 7) is 0. The van der Waals surface area contributed by atoms with E-state index in [0.717, 1.165) is 19.3 Å². The minimum absolute atomic E-state index is 0.683. The smallest absolute Gasteiger partial charge is 0.0621 e. The molecule has 1 rings (SSSR count). The molecule has 0 amide bonds. The lowest BCUT2D eigenvalue weighted by Gasteiger charge is -1.98. The summed E-state index contributed by atoms with van der Waals surface area (Å²) in [5.41, 5.74) is 1.28. The summed E-state index contributed by atoms with van der Waals surface area (Å²) >= 11 is 0. The number of hydrogen-bond donors (Lipinski definition) is 0. The Bertz CT molecular complexity index is 258. The second-order valence-electron chi connectivity index (χ2n) is 3.02. The Hall–Kier alpha value is -1.29. The van der Waals surface area contributed by atoms with E-state index in [1.54, 1.807) is 0 Å². The third kappa shape index (κ3) is 4.32. The Morgan fingerprint density at radius 3 is 2.62 bits per heavy atom. The number of nitriles is 1. The summed E-state index contributed by atoms with van der Waals surface area (Å²) in [6.07, 6.45) is 6.11. The van der Waals surface area contributed by atoms with Crippen molar-refractivity contribution in [2.24, 2.45) is 0 Å². The lowest BCUT2D eigenvalue weighted by Crippen LogP contribution is -1.81. The highest BCUT2D eigenvalue weighted by atomic mass is 14.2. The van der Waals surface area contributed by atoms with Crippen molar-refractivity contribution >= 4 is 0 Å². The maximum atomic E-state index is 8.32. The quantitative estimate of drug-likeness (QED) is 0.625. The van der Waals surface area contributed by atoms with Gasteiger partial charge in [-0.05, 0) is 24.8 Å². The minimum Gasteiger partial charge on any atom is -0.198 e. The molecule has 1 aromatic carbocycles. The molecule has 0 atom stereocenters. The first-order valence-electron chi connectivity index (χ1n) is 4.68. The molecule has 0 spiro atoms. The zero-order valence-corrected chi connectivity index (χ0v) is 7.74. The lowest BCUT2D eigenvalue weighted by atomic mass is 10.1. The van der Waals surface area contributed by atoms with Crippen LogP contribution in [0, 0.1) is 17.8 Å². The van der Waals surface area contributed by atoms with Gasteiger partial charge in [-0.2, -0.15) is 5.26 Å². The predicted octanol–water partition coefficient (Wildman–Crippen LogP) is 3.32. The van der Waals surface area contributed by atoms with Crippen LogP contribution in [-0.2, 0) is 0 Å². The molecule has 0 aliphatic carbocycles. The van der Waals surface area contributed by atoms with Gasteiger partial charge in [0.15, 0.2) is 0 Å². The fourth-order valence-corrected chi connectivity index (χ4v) is 1.21. The van der Waals surface area contributed by atoms with Crippen LogP contribution in [0.5, 0.6) is 0 Å². The zero-order chi connectivity index (χ0) is 9.36. The Kier molecular flexibility index (Phi) is 4.71. The van der Waals surface area contributed by atoms with E-state index in [0.29, 0.717) is 6.42 Å². The van der Waals surface area contributed by atoms with Gasteiger partial charge in [-0.1, -0.05) is 36.8 Å². The highest BCUT2D eigenvalue weighted by Crippen LogP contribution is 2.08. The van der Waals surface area contributed by atoms with Gasteiger partial charge in [-0.25, -0.2) is 0 Å². The summed E-state index contributed by atoms with van der Waals surface area (Å²) in [7, 11) is 0. The van der Waals surface area contributed by atoms with Crippen LogP contribution >= 0.6 is 0 Å². The second-order valence-corrected chi connectivity index (χ2v) is 3.02. The summed E-state index contributed by atoms with van der Waals surface area (Å²) in [5.74, 6) is 0. The molecule has 1 heteroatoms. The average molecular weight is 172 g/mol. The van der Waals surface area contributed by atoms with Gasteiger partial charge >= 0.3 is 0 Å². The maximum Gasteiger partial charge on any atom is 0.0621 e. The second kappa shape index (κ2) is 6.25. The molecule has 0 bridgehead atoms. The van der Waals surface area contributed by atoms with Gasteiger partial charge in [-0.3, -0.25) is 0 Å². The van der Waals surface area contributed by atoms with Crippen molar-refractivity contribution in [3.05, 3.63) is 42.3 Å². The number of hydrogen-bond acceptors (Lipinski definition) is 1. The first-order valence-corrected chi connectivity index (χ1v) is 4.68. The minimum atomic E-state index is 0.683. The van der Waals surface area contributed by atoms with Gasteiger partial charge in [-0.15, -0.1) is 0 Å². The zero-order valence-electron chi connectivity index (χ0n) is 7.74. The standard InChI is InChI=1S/C12H14N/c13-11-7-2-1-4-8-12-9-5-3-6-10-12/h3,5-6,8-10H,1-2,4,7H2. The molecule has 0 heterocycles. The Labute approximate surface area is 80.0 Å². The van der Waals surface area contributed by atoms with Gasteiger partial charge in [0.25, 0.3) is 0 Å². The monoisotopic (exact) mass is 172 g/mol. The normalized spacial score (nSPS) is 9.46.